The van der Waals surface area contributed by atoms with Crippen molar-refractivity contribution in [1.82, 2.24) is 4.90 Å². The molecule has 0 aliphatic carbocycles. The fourth-order valence-corrected chi connectivity index (χ4v) is 2.36. The fraction of sp³-hybridized carbons (Fsp3) is 0.533. The highest BCUT2D eigenvalue weighted by molar-refractivity contribution is 6.00. The minimum Gasteiger partial charge on any atom is -0.496 e. The number of hydrogen-bond donors (Lipinski definition) is 1. The molecule has 1 heterocycles. The van der Waals surface area contributed by atoms with Crippen molar-refractivity contribution < 1.29 is 14.6 Å². The van der Waals surface area contributed by atoms with E-state index < -0.39 is 5.60 Å². The molecule has 0 amide bonds. The first-order valence-electron chi connectivity index (χ1n) is 6.63. The Balaban J connectivity index is 1.98. The number of benzene rings is 1. The lowest BCUT2D eigenvalue weighted by Gasteiger charge is -2.35. The van der Waals surface area contributed by atoms with Gasteiger partial charge < -0.3 is 9.84 Å². The molecule has 2 rings (SSSR count). The number of Topliss-reactive ketones (excluding diaryl/α,β-unsaturated/α-hetero) is 1. The van der Waals surface area contributed by atoms with Gasteiger partial charge in [-0.2, -0.15) is 0 Å². The highest BCUT2D eigenvalue weighted by atomic mass is 16.5. The van der Waals surface area contributed by atoms with Gasteiger partial charge in [0.25, 0.3) is 0 Å². The van der Waals surface area contributed by atoms with Crippen LogP contribution in [0.4, 0.5) is 0 Å². The van der Waals surface area contributed by atoms with Gasteiger partial charge in [0, 0.05) is 13.1 Å². The van der Waals surface area contributed by atoms with Crippen LogP contribution in [0.1, 0.15) is 30.1 Å². The van der Waals surface area contributed by atoms with Gasteiger partial charge in [-0.3, -0.25) is 9.69 Å². The molecule has 1 aliphatic heterocycles. The SMILES string of the molecule is COc1ccccc1C(=O)CN1CCC(C)(O)CC1. The van der Waals surface area contributed by atoms with Gasteiger partial charge in [-0.15, -0.1) is 0 Å². The first-order valence-corrected chi connectivity index (χ1v) is 6.63. The molecule has 0 atom stereocenters. The largest absolute Gasteiger partial charge is 0.496 e. The number of carbonyl (C=O) groups is 1. The molecule has 0 radical (unpaired) electrons. The van der Waals surface area contributed by atoms with E-state index in [0.717, 1.165) is 13.1 Å². The van der Waals surface area contributed by atoms with Crippen molar-refractivity contribution in [3.8, 4) is 5.75 Å². The Morgan fingerprint density at radius 3 is 2.63 bits per heavy atom. The highest BCUT2D eigenvalue weighted by Crippen LogP contribution is 2.22. The van der Waals surface area contributed by atoms with Crippen molar-refractivity contribution in [3.63, 3.8) is 0 Å². The van der Waals surface area contributed by atoms with E-state index in [2.05, 4.69) is 4.90 Å². The molecule has 0 bridgehead atoms. The second-order valence-corrected chi connectivity index (χ2v) is 5.40. The number of likely N-dealkylation sites (tertiary alicyclic amines) is 1. The van der Waals surface area contributed by atoms with Crippen LogP contribution in [-0.4, -0.2) is 48.1 Å². The van der Waals surface area contributed by atoms with Crippen LogP contribution >= 0.6 is 0 Å². The van der Waals surface area contributed by atoms with Crippen LogP contribution in [0, 0.1) is 0 Å². The molecule has 4 heteroatoms. The van der Waals surface area contributed by atoms with Crippen molar-refractivity contribution in [2.75, 3.05) is 26.7 Å². The molecule has 1 saturated heterocycles. The number of hydrogen-bond acceptors (Lipinski definition) is 4. The van der Waals surface area contributed by atoms with E-state index in [-0.39, 0.29) is 5.78 Å². The number of rotatable bonds is 4. The Labute approximate surface area is 114 Å². The van der Waals surface area contributed by atoms with Gasteiger partial charge in [0.2, 0.25) is 0 Å². The van der Waals surface area contributed by atoms with E-state index in [9.17, 15) is 9.90 Å². The number of piperidine rings is 1. The van der Waals surface area contributed by atoms with E-state index in [1.54, 1.807) is 19.2 Å². The molecular weight excluding hydrogens is 242 g/mol. The number of aliphatic hydroxyl groups is 1. The zero-order valence-electron chi connectivity index (χ0n) is 11.6. The van der Waals surface area contributed by atoms with Crippen molar-refractivity contribution in [3.05, 3.63) is 29.8 Å². The maximum Gasteiger partial charge on any atom is 0.180 e. The number of carbonyl (C=O) groups excluding carboxylic acids is 1. The Kier molecular flexibility index (Phi) is 4.22. The van der Waals surface area contributed by atoms with Crippen LogP contribution in [0.3, 0.4) is 0 Å². The lowest BCUT2D eigenvalue weighted by atomic mass is 9.93. The summed E-state index contributed by atoms with van der Waals surface area (Å²) >= 11 is 0. The van der Waals surface area contributed by atoms with E-state index in [4.69, 9.17) is 4.74 Å². The molecule has 0 unspecified atom stereocenters. The molecular formula is C15H21NO3. The smallest absolute Gasteiger partial charge is 0.180 e. The summed E-state index contributed by atoms with van der Waals surface area (Å²) in [6.45, 7) is 3.75. The summed E-state index contributed by atoms with van der Waals surface area (Å²) in [6.07, 6.45) is 1.43. The van der Waals surface area contributed by atoms with Crippen LogP contribution in [0.25, 0.3) is 0 Å². The Hall–Kier alpha value is -1.39. The van der Waals surface area contributed by atoms with Crippen molar-refractivity contribution in [1.29, 1.82) is 0 Å². The Morgan fingerprint density at radius 1 is 1.37 bits per heavy atom. The van der Waals surface area contributed by atoms with Crippen LogP contribution in [0.5, 0.6) is 5.75 Å². The summed E-state index contributed by atoms with van der Waals surface area (Å²) in [6, 6.07) is 7.29. The molecule has 0 spiro atoms. The van der Waals surface area contributed by atoms with Crippen LogP contribution in [-0.2, 0) is 0 Å². The van der Waals surface area contributed by atoms with Crippen molar-refractivity contribution in [2.45, 2.75) is 25.4 Å². The third kappa shape index (κ3) is 3.55. The monoisotopic (exact) mass is 263 g/mol. The van der Waals surface area contributed by atoms with Gasteiger partial charge in [0.05, 0.1) is 24.8 Å². The molecule has 1 N–H and O–H groups in total. The normalized spacial score (nSPS) is 19.1. The Morgan fingerprint density at radius 2 is 2.00 bits per heavy atom. The van der Waals surface area contributed by atoms with E-state index in [0.29, 0.717) is 30.7 Å². The maximum absolute atomic E-state index is 12.3. The lowest BCUT2D eigenvalue weighted by molar-refractivity contribution is -0.00422. The second kappa shape index (κ2) is 5.72. The topological polar surface area (TPSA) is 49.8 Å². The van der Waals surface area contributed by atoms with Gasteiger partial charge >= 0.3 is 0 Å². The summed E-state index contributed by atoms with van der Waals surface area (Å²) < 4.78 is 5.21. The molecule has 0 aromatic heterocycles. The number of ether oxygens (including phenoxy) is 1. The minimum atomic E-state index is -0.579. The number of para-hydroxylation sites is 1. The molecule has 1 aromatic carbocycles. The third-order valence-corrected chi connectivity index (χ3v) is 3.71. The summed E-state index contributed by atoms with van der Waals surface area (Å²) in [4.78, 5) is 14.4. The van der Waals surface area contributed by atoms with Crippen LogP contribution in [0.15, 0.2) is 24.3 Å². The molecule has 0 saturated carbocycles. The maximum atomic E-state index is 12.3. The van der Waals surface area contributed by atoms with Crippen molar-refractivity contribution in [2.24, 2.45) is 0 Å². The summed E-state index contributed by atoms with van der Waals surface area (Å²) in [5, 5.41) is 9.89. The van der Waals surface area contributed by atoms with E-state index >= 15 is 0 Å². The van der Waals surface area contributed by atoms with Gasteiger partial charge in [0.15, 0.2) is 5.78 Å². The third-order valence-electron chi connectivity index (χ3n) is 3.71. The average Bonchev–Trinajstić information content (AvgIpc) is 2.41. The van der Waals surface area contributed by atoms with Gasteiger partial charge in [-0.1, -0.05) is 12.1 Å². The zero-order valence-corrected chi connectivity index (χ0v) is 11.6. The van der Waals surface area contributed by atoms with Crippen LogP contribution in [0.2, 0.25) is 0 Å². The minimum absolute atomic E-state index is 0.0685. The predicted octanol–water partition coefficient (Wildman–Crippen LogP) is 1.72. The summed E-state index contributed by atoms with van der Waals surface area (Å²) in [5.41, 5.74) is 0.0478. The molecule has 1 aliphatic rings. The average molecular weight is 263 g/mol. The van der Waals surface area contributed by atoms with Crippen molar-refractivity contribution >= 4 is 5.78 Å². The number of nitrogens with zero attached hydrogens (tertiary/aromatic N) is 1. The number of ketones is 1. The summed E-state index contributed by atoms with van der Waals surface area (Å²) in [5.74, 6) is 0.690. The summed E-state index contributed by atoms with van der Waals surface area (Å²) in [7, 11) is 1.57. The van der Waals surface area contributed by atoms with E-state index in [1.807, 2.05) is 19.1 Å². The fourth-order valence-electron chi connectivity index (χ4n) is 2.36. The first-order chi connectivity index (χ1) is 9.02. The molecule has 104 valence electrons. The molecule has 1 aromatic rings. The standard InChI is InChI=1S/C15H21NO3/c1-15(18)7-9-16(10-8-15)11-13(17)12-5-3-4-6-14(12)19-2/h3-6,18H,7-11H2,1-2H3. The Bertz CT molecular complexity index is 446. The molecule has 19 heavy (non-hydrogen) atoms. The number of methoxy groups -OCH3 is 1. The molecule has 4 nitrogen and oxygen atoms in total. The second-order valence-electron chi connectivity index (χ2n) is 5.40. The first kappa shape index (κ1) is 14.0. The molecule has 1 fully saturated rings. The lowest BCUT2D eigenvalue weighted by Crippen LogP contribution is -2.44. The van der Waals surface area contributed by atoms with E-state index in [1.165, 1.54) is 0 Å². The predicted molar refractivity (Wildman–Crippen MR) is 73.6 cm³/mol. The quantitative estimate of drug-likeness (QED) is 0.840. The van der Waals surface area contributed by atoms with Gasteiger partial charge in [0.1, 0.15) is 5.75 Å². The zero-order chi connectivity index (χ0) is 13.9. The van der Waals surface area contributed by atoms with Gasteiger partial charge in [-0.05, 0) is 31.9 Å². The van der Waals surface area contributed by atoms with Gasteiger partial charge in [-0.25, -0.2) is 0 Å². The highest BCUT2D eigenvalue weighted by Gasteiger charge is 2.28. The van der Waals surface area contributed by atoms with Crippen LogP contribution < -0.4 is 4.74 Å².